The number of amides is 1. The van der Waals surface area contributed by atoms with E-state index in [9.17, 15) is 9.90 Å². The van der Waals surface area contributed by atoms with Gasteiger partial charge in [0.25, 0.3) is 0 Å². The van der Waals surface area contributed by atoms with E-state index in [4.69, 9.17) is 0 Å². The second-order valence-electron chi connectivity index (χ2n) is 7.05. The van der Waals surface area contributed by atoms with E-state index >= 15 is 0 Å². The number of aryl methyl sites for hydroxylation is 2. The molecule has 1 aliphatic rings. The van der Waals surface area contributed by atoms with Crippen LogP contribution in [0.4, 0.5) is 5.69 Å². The molecule has 3 rings (SSSR count). The van der Waals surface area contributed by atoms with Crippen LogP contribution in [0.15, 0.2) is 36.4 Å². The molecule has 2 aromatic carbocycles. The van der Waals surface area contributed by atoms with Crippen LogP contribution in [0.5, 0.6) is 0 Å². The summed E-state index contributed by atoms with van der Waals surface area (Å²) in [4.78, 5) is 13.6. The second-order valence-corrected chi connectivity index (χ2v) is 7.05. The average Bonchev–Trinajstić information content (AvgIpc) is 2.53. The van der Waals surface area contributed by atoms with E-state index < -0.39 is 6.10 Å². The number of nitrogens with zero attached hydrogens (tertiary/aromatic N) is 1. The van der Waals surface area contributed by atoms with Crippen LogP contribution < -0.4 is 5.32 Å². The molecule has 0 aliphatic carbocycles. The van der Waals surface area contributed by atoms with Gasteiger partial charge < -0.3 is 10.4 Å². The molecular formula is C21H26N2O2. The van der Waals surface area contributed by atoms with Crippen molar-refractivity contribution in [3.8, 4) is 0 Å². The fraction of sp³-hybridized carbons (Fsp3) is 0.381. The number of β-amino-alcohol motifs (C(OH)–C–C–N with tert-alkyl or cyclic N) is 1. The van der Waals surface area contributed by atoms with E-state index in [0.29, 0.717) is 6.54 Å². The number of carbonyl (C=O) groups excluding carboxylic acids is 1. The van der Waals surface area contributed by atoms with Gasteiger partial charge in [-0.05, 0) is 43.0 Å². The molecule has 0 radical (unpaired) electrons. The molecular weight excluding hydrogens is 312 g/mol. The van der Waals surface area contributed by atoms with Gasteiger partial charge in [0.2, 0.25) is 5.91 Å². The lowest BCUT2D eigenvalue weighted by atomic mass is 9.96. The number of nitrogens with one attached hydrogen (secondary N) is 1. The van der Waals surface area contributed by atoms with Crippen LogP contribution >= 0.6 is 0 Å². The third-order valence-corrected chi connectivity index (χ3v) is 4.72. The number of hydrogen-bond donors (Lipinski definition) is 2. The zero-order valence-corrected chi connectivity index (χ0v) is 15.2. The highest BCUT2D eigenvalue weighted by molar-refractivity contribution is 5.89. The Labute approximate surface area is 149 Å². The van der Waals surface area contributed by atoms with E-state index in [0.717, 1.165) is 30.8 Å². The van der Waals surface area contributed by atoms with Gasteiger partial charge in [0, 0.05) is 32.2 Å². The summed E-state index contributed by atoms with van der Waals surface area (Å²) in [6.45, 7) is 7.95. The minimum Gasteiger partial charge on any atom is -0.387 e. The summed E-state index contributed by atoms with van der Waals surface area (Å²) in [6, 6.07) is 12.3. The van der Waals surface area contributed by atoms with E-state index in [-0.39, 0.29) is 5.91 Å². The van der Waals surface area contributed by atoms with Crippen molar-refractivity contribution in [2.45, 2.75) is 39.8 Å². The Bertz CT molecular complexity index is 765. The summed E-state index contributed by atoms with van der Waals surface area (Å²) in [5, 5.41) is 13.6. The zero-order valence-electron chi connectivity index (χ0n) is 15.2. The molecule has 2 aromatic rings. The van der Waals surface area contributed by atoms with E-state index in [1.54, 1.807) is 0 Å². The first kappa shape index (κ1) is 17.6. The maximum atomic E-state index is 11.4. The van der Waals surface area contributed by atoms with Crippen LogP contribution in [0.1, 0.15) is 40.8 Å². The predicted molar refractivity (Wildman–Crippen MR) is 101 cm³/mol. The first-order valence-corrected chi connectivity index (χ1v) is 8.79. The molecule has 1 atom stereocenters. The lowest BCUT2D eigenvalue weighted by molar-refractivity contribution is -0.114. The fourth-order valence-corrected chi connectivity index (χ4v) is 3.68. The van der Waals surface area contributed by atoms with Crippen LogP contribution in [-0.4, -0.2) is 29.0 Å². The molecule has 0 bridgehead atoms. The van der Waals surface area contributed by atoms with E-state index in [2.05, 4.69) is 48.3 Å². The van der Waals surface area contributed by atoms with Crippen LogP contribution in [-0.2, 0) is 17.8 Å². The maximum absolute atomic E-state index is 11.4. The Hall–Kier alpha value is -2.17. The molecule has 0 saturated heterocycles. The highest BCUT2D eigenvalue weighted by Crippen LogP contribution is 2.27. The molecule has 1 heterocycles. The molecule has 1 aliphatic heterocycles. The smallest absolute Gasteiger partial charge is 0.221 e. The van der Waals surface area contributed by atoms with Crippen molar-refractivity contribution < 1.29 is 9.90 Å². The summed E-state index contributed by atoms with van der Waals surface area (Å²) >= 11 is 0. The highest BCUT2D eigenvalue weighted by atomic mass is 16.3. The molecule has 4 nitrogen and oxygen atoms in total. The second kappa shape index (κ2) is 7.38. The normalized spacial score (nSPS) is 15.5. The number of benzene rings is 2. The molecule has 1 unspecified atom stereocenters. The molecule has 0 spiro atoms. The van der Waals surface area contributed by atoms with Crippen molar-refractivity contribution in [1.82, 2.24) is 4.90 Å². The Morgan fingerprint density at radius 1 is 1.24 bits per heavy atom. The van der Waals surface area contributed by atoms with Crippen molar-refractivity contribution in [2.75, 3.05) is 18.4 Å². The van der Waals surface area contributed by atoms with Crippen LogP contribution in [0.2, 0.25) is 0 Å². The molecule has 4 heteroatoms. The Morgan fingerprint density at radius 2 is 1.96 bits per heavy atom. The van der Waals surface area contributed by atoms with Gasteiger partial charge in [-0.3, -0.25) is 9.69 Å². The summed E-state index contributed by atoms with van der Waals surface area (Å²) in [5.74, 6) is -0.0407. The monoisotopic (exact) mass is 338 g/mol. The summed E-state index contributed by atoms with van der Waals surface area (Å²) in [5.41, 5.74) is 6.70. The standard InChI is InChI=1S/C21H26N2O2/c1-14-9-15(2)11-18(10-14)21(25)13-23-8-7-19-17(12-23)5-4-6-20(19)22-16(3)24/h4-6,9-11,21,25H,7-8,12-13H2,1-3H3,(H,22,24). The third kappa shape index (κ3) is 4.27. The zero-order chi connectivity index (χ0) is 18.0. The Morgan fingerprint density at radius 3 is 2.64 bits per heavy atom. The van der Waals surface area contributed by atoms with E-state index in [1.807, 2.05) is 12.1 Å². The van der Waals surface area contributed by atoms with Crippen LogP contribution in [0.3, 0.4) is 0 Å². The Kier molecular flexibility index (Phi) is 5.21. The molecule has 0 saturated carbocycles. The number of carbonyl (C=O) groups is 1. The van der Waals surface area contributed by atoms with Crippen molar-refractivity contribution in [3.63, 3.8) is 0 Å². The first-order valence-electron chi connectivity index (χ1n) is 8.79. The lowest BCUT2D eigenvalue weighted by Crippen LogP contribution is -2.34. The summed E-state index contributed by atoms with van der Waals surface area (Å²) < 4.78 is 0. The maximum Gasteiger partial charge on any atom is 0.221 e. The number of aliphatic hydroxyl groups is 1. The highest BCUT2D eigenvalue weighted by Gasteiger charge is 2.21. The molecule has 2 N–H and O–H groups in total. The van der Waals surface area contributed by atoms with Crippen molar-refractivity contribution in [3.05, 3.63) is 64.2 Å². The minimum atomic E-state index is -0.487. The fourth-order valence-electron chi connectivity index (χ4n) is 3.68. The number of aliphatic hydroxyl groups excluding tert-OH is 1. The lowest BCUT2D eigenvalue weighted by Gasteiger charge is -2.31. The molecule has 132 valence electrons. The van der Waals surface area contributed by atoms with Crippen molar-refractivity contribution in [1.29, 1.82) is 0 Å². The first-order chi connectivity index (χ1) is 11.9. The minimum absolute atomic E-state index is 0.0407. The van der Waals surface area contributed by atoms with Gasteiger partial charge in [-0.25, -0.2) is 0 Å². The summed E-state index contributed by atoms with van der Waals surface area (Å²) in [6.07, 6.45) is 0.393. The number of anilines is 1. The quantitative estimate of drug-likeness (QED) is 0.899. The van der Waals surface area contributed by atoms with Crippen LogP contribution in [0.25, 0.3) is 0 Å². The number of rotatable bonds is 4. The molecule has 0 aromatic heterocycles. The van der Waals surface area contributed by atoms with Crippen molar-refractivity contribution in [2.24, 2.45) is 0 Å². The molecule has 25 heavy (non-hydrogen) atoms. The summed E-state index contributed by atoms with van der Waals surface area (Å²) in [7, 11) is 0. The largest absolute Gasteiger partial charge is 0.387 e. The van der Waals surface area contributed by atoms with Gasteiger partial charge >= 0.3 is 0 Å². The molecule has 0 fully saturated rings. The SMILES string of the molecule is CC(=O)Nc1cccc2c1CCN(CC(O)c1cc(C)cc(C)c1)C2. The number of fused-ring (bicyclic) bond motifs is 1. The van der Waals surface area contributed by atoms with Gasteiger partial charge in [0.15, 0.2) is 0 Å². The van der Waals surface area contributed by atoms with Gasteiger partial charge in [-0.2, -0.15) is 0 Å². The van der Waals surface area contributed by atoms with Gasteiger partial charge in [0.05, 0.1) is 6.10 Å². The van der Waals surface area contributed by atoms with Gasteiger partial charge in [-0.15, -0.1) is 0 Å². The van der Waals surface area contributed by atoms with Crippen LogP contribution in [0, 0.1) is 13.8 Å². The molecule has 1 amide bonds. The van der Waals surface area contributed by atoms with Gasteiger partial charge in [0.1, 0.15) is 0 Å². The Balaban J connectivity index is 1.71. The van der Waals surface area contributed by atoms with Crippen molar-refractivity contribution >= 4 is 11.6 Å². The number of hydrogen-bond acceptors (Lipinski definition) is 3. The third-order valence-electron chi connectivity index (χ3n) is 4.72. The van der Waals surface area contributed by atoms with E-state index in [1.165, 1.54) is 29.2 Å². The topological polar surface area (TPSA) is 52.6 Å². The predicted octanol–water partition coefficient (Wildman–Crippen LogP) is 3.35. The average molecular weight is 338 g/mol. The van der Waals surface area contributed by atoms with Gasteiger partial charge in [-0.1, -0.05) is 41.5 Å².